The Labute approximate surface area is 187 Å². The van der Waals surface area contributed by atoms with E-state index in [1.165, 1.54) is 18.2 Å². The second kappa shape index (κ2) is 10.8. The maximum Gasteiger partial charge on any atom is 0.319 e. The number of anilines is 2. The second-order valence-electron chi connectivity index (χ2n) is 8.02. The first-order valence-electron chi connectivity index (χ1n) is 10.7. The van der Waals surface area contributed by atoms with Crippen molar-refractivity contribution >= 4 is 23.4 Å². The van der Waals surface area contributed by atoms with Crippen molar-refractivity contribution in [2.75, 3.05) is 30.4 Å². The van der Waals surface area contributed by atoms with Gasteiger partial charge in [-0.15, -0.1) is 0 Å². The van der Waals surface area contributed by atoms with Gasteiger partial charge in [0.05, 0.1) is 0 Å². The predicted octanol–water partition coefficient (Wildman–Crippen LogP) is 3.44. The highest BCUT2D eigenvalue weighted by Crippen LogP contribution is 2.26. The number of rotatable bonds is 6. The molecule has 1 unspecified atom stereocenters. The Morgan fingerprint density at radius 3 is 2.47 bits per heavy atom. The van der Waals surface area contributed by atoms with E-state index in [-0.39, 0.29) is 23.8 Å². The molecule has 0 aromatic heterocycles. The monoisotopic (exact) mass is 444 g/mol. The van der Waals surface area contributed by atoms with E-state index in [9.17, 15) is 13.6 Å². The number of aliphatic imine (C=N–C) groups is 1. The number of hydrogen-bond acceptors (Lipinski definition) is 3. The van der Waals surface area contributed by atoms with Crippen LogP contribution in [0.3, 0.4) is 0 Å². The maximum atomic E-state index is 14.1. The smallest absolute Gasteiger partial charge is 0.319 e. The van der Waals surface area contributed by atoms with Crippen LogP contribution in [0.25, 0.3) is 0 Å². The molecule has 32 heavy (non-hydrogen) atoms. The zero-order valence-electron chi connectivity index (χ0n) is 18.6. The van der Waals surface area contributed by atoms with Crippen molar-refractivity contribution in [3.8, 4) is 0 Å². The second-order valence-corrected chi connectivity index (χ2v) is 8.02. The lowest BCUT2D eigenvalue weighted by Gasteiger charge is -2.21. The first-order chi connectivity index (χ1) is 15.4. The Morgan fingerprint density at radius 2 is 1.84 bits per heavy atom. The maximum absolute atomic E-state index is 14.1. The van der Waals surface area contributed by atoms with Gasteiger partial charge < -0.3 is 26.2 Å². The Balaban J connectivity index is 1.49. The Kier molecular flexibility index (Phi) is 7.86. The Hall–Kier alpha value is -3.36. The minimum absolute atomic E-state index is 0.0197. The highest BCUT2D eigenvalue weighted by molar-refractivity contribution is 5.89. The normalized spacial score (nSPS) is 16.2. The summed E-state index contributed by atoms with van der Waals surface area (Å²) in [5.74, 6) is -0.482. The van der Waals surface area contributed by atoms with Crippen molar-refractivity contribution in [2.45, 2.75) is 38.9 Å². The lowest BCUT2D eigenvalue weighted by atomic mass is 10.2. The number of hydrogen-bond donors (Lipinski definition) is 4. The predicted molar refractivity (Wildman–Crippen MR) is 124 cm³/mol. The summed E-state index contributed by atoms with van der Waals surface area (Å²) in [6, 6.07) is 11.3. The molecule has 0 aliphatic carbocycles. The Morgan fingerprint density at radius 1 is 1.16 bits per heavy atom. The highest BCUT2D eigenvalue weighted by atomic mass is 19.1. The van der Waals surface area contributed by atoms with Crippen LogP contribution in [0.2, 0.25) is 0 Å². The van der Waals surface area contributed by atoms with E-state index < -0.39 is 11.6 Å². The number of benzene rings is 2. The molecule has 9 heteroatoms. The van der Waals surface area contributed by atoms with Crippen LogP contribution in [0, 0.1) is 11.6 Å². The molecule has 172 valence electrons. The third-order valence-corrected chi connectivity index (χ3v) is 5.10. The first-order valence-corrected chi connectivity index (χ1v) is 10.7. The van der Waals surface area contributed by atoms with Crippen molar-refractivity contribution in [3.05, 3.63) is 59.7 Å². The number of guanidine groups is 1. The fourth-order valence-electron chi connectivity index (χ4n) is 3.58. The largest absolute Gasteiger partial charge is 0.365 e. The number of amides is 2. The van der Waals surface area contributed by atoms with Crippen molar-refractivity contribution in [2.24, 2.45) is 4.99 Å². The topological polar surface area (TPSA) is 80.8 Å². The van der Waals surface area contributed by atoms with Crippen LogP contribution >= 0.6 is 0 Å². The Bertz CT molecular complexity index is 928. The van der Waals surface area contributed by atoms with Crippen molar-refractivity contribution in [3.63, 3.8) is 0 Å². The van der Waals surface area contributed by atoms with Gasteiger partial charge in [-0.1, -0.05) is 18.2 Å². The van der Waals surface area contributed by atoms with Crippen LogP contribution in [0.1, 0.15) is 25.8 Å². The van der Waals surface area contributed by atoms with E-state index in [4.69, 9.17) is 0 Å². The fourth-order valence-corrected chi connectivity index (χ4v) is 3.58. The molecule has 1 fully saturated rings. The molecule has 2 aromatic rings. The van der Waals surface area contributed by atoms with Gasteiger partial charge in [0, 0.05) is 44.5 Å². The molecule has 1 saturated heterocycles. The molecule has 0 saturated carbocycles. The molecule has 3 rings (SSSR count). The summed E-state index contributed by atoms with van der Waals surface area (Å²) < 4.78 is 28.1. The molecule has 1 heterocycles. The lowest BCUT2D eigenvalue weighted by Crippen LogP contribution is -2.44. The minimum atomic E-state index is -0.548. The molecule has 4 N–H and O–H groups in total. The number of halogens is 2. The van der Waals surface area contributed by atoms with E-state index in [1.807, 2.05) is 38.1 Å². The van der Waals surface area contributed by atoms with E-state index in [2.05, 4.69) is 26.3 Å². The van der Waals surface area contributed by atoms with Crippen LogP contribution < -0.4 is 26.2 Å². The van der Waals surface area contributed by atoms with Crippen LogP contribution in [-0.4, -0.2) is 44.2 Å². The summed E-state index contributed by atoms with van der Waals surface area (Å²) in [4.78, 5) is 17.7. The molecular weight excluding hydrogens is 414 g/mol. The molecule has 2 aromatic carbocycles. The number of nitrogens with zero attached hydrogens (tertiary/aromatic N) is 2. The molecule has 0 spiro atoms. The average Bonchev–Trinajstić information content (AvgIpc) is 3.19. The van der Waals surface area contributed by atoms with Crippen molar-refractivity contribution in [1.29, 1.82) is 0 Å². The van der Waals surface area contributed by atoms with Crippen LogP contribution in [0.4, 0.5) is 25.0 Å². The van der Waals surface area contributed by atoms with Gasteiger partial charge in [0.15, 0.2) is 5.96 Å². The SMILES string of the molecule is CN=C(NCc1ccc(NC(=O)NC(C)C)cc1)NC1CCN(c2c(F)cccc2F)C1. The molecule has 0 bridgehead atoms. The lowest BCUT2D eigenvalue weighted by molar-refractivity contribution is 0.250. The van der Waals surface area contributed by atoms with Gasteiger partial charge in [0.2, 0.25) is 0 Å². The quantitative estimate of drug-likeness (QED) is 0.407. The third kappa shape index (κ3) is 6.32. The summed E-state index contributed by atoms with van der Waals surface area (Å²) in [7, 11) is 1.68. The third-order valence-electron chi connectivity index (χ3n) is 5.10. The van der Waals surface area contributed by atoms with Gasteiger partial charge in [-0.2, -0.15) is 0 Å². The summed E-state index contributed by atoms with van der Waals surface area (Å²) in [5.41, 5.74) is 1.75. The van der Waals surface area contributed by atoms with E-state index in [0.29, 0.717) is 31.3 Å². The fraction of sp³-hybridized carbons (Fsp3) is 0.391. The highest BCUT2D eigenvalue weighted by Gasteiger charge is 2.27. The van der Waals surface area contributed by atoms with Gasteiger partial charge in [-0.25, -0.2) is 13.6 Å². The van der Waals surface area contributed by atoms with Crippen molar-refractivity contribution in [1.82, 2.24) is 16.0 Å². The summed E-state index contributed by atoms with van der Waals surface area (Å²) in [6.45, 7) is 5.38. The molecule has 2 amide bonds. The first kappa shape index (κ1) is 23.3. The number of nitrogens with one attached hydrogen (secondary N) is 4. The van der Waals surface area contributed by atoms with Gasteiger partial charge in [0.1, 0.15) is 17.3 Å². The molecule has 0 radical (unpaired) electrons. The molecule has 7 nitrogen and oxygen atoms in total. The molecular formula is C23H30F2N6O. The van der Waals surface area contributed by atoms with Crippen LogP contribution in [0.5, 0.6) is 0 Å². The molecule has 1 atom stereocenters. The zero-order valence-corrected chi connectivity index (χ0v) is 18.6. The van der Waals surface area contributed by atoms with Crippen LogP contribution in [-0.2, 0) is 6.54 Å². The van der Waals surface area contributed by atoms with E-state index in [1.54, 1.807) is 11.9 Å². The van der Waals surface area contributed by atoms with E-state index in [0.717, 1.165) is 12.0 Å². The zero-order chi connectivity index (χ0) is 23.1. The summed E-state index contributed by atoms with van der Waals surface area (Å²) >= 11 is 0. The minimum Gasteiger partial charge on any atom is -0.365 e. The van der Waals surface area contributed by atoms with Gasteiger partial charge in [-0.05, 0) is 50.1 Å². The average molecular weight is 445 g/mol. The number of carbonyl (C=O) groups excluding carboxylic acids is 1. The molecule has 1 aliphatic rings. The molecule has 1 aliphatic heterocycles. The van der Waals surface area contributed by atoms with Gasteiger partial charge in [-0.3, -0.25) is 4.99 Å². The van der Waals surface area contributed by atoms with Crippen LogP contribution in [0.15, 0.2) is 47.5 Å². The number of carbonyl (C=O) groups is 1. The van der Waals surface area contributed by atoms with Gasteiger partial charge >= 0.3 is 6.03 Å². The number of para-hydroxylation sites is 1. The summed E-state index contributed by atoms with van der Waals surface area (Å²) in [6.07, 6.45) is 0.743. The van der Waals surface area contributed by atoms with Crippen molar-refractivity contribution < 1.29 is 13.6 Å². The summed E-state index contributed by atoms with van der Waals surface area (Å²) in [5, 5.41) is 12.1. The number of urea groups is 1. The standard InChI is InChI=1S/C23H30F2N6O/c1-15(2)28-23(32)30-17-9-7-16(8-10-17)13-27-22(26-3)29-18-11-12-31(14-18)21-19(24)5-4-6-20(21)25/h4-10,15,18H,11-14H2,1-3H3,(H2,26,27,29)(H2,28,30,32). The van der Waals surface area contributed by atoms with E-state index >= 15 is 0 Å². The van der Waals surface area contributed by atoms with Gasteiger partial charge in [0.25, 0.3) is 0 Å².